The number of anilines is 1. The number of aryl methyl sites for hydroxylation is 3. The highest BCUT2D eigenvalue weighted by atomic mass is 32.1. The summed E-state index contributed by atoms with van der Waals surface area (Å²) in [5.74, 6) is -1.87. The minimum Gasteiger partial charge on any atom is -0.503 e. The van der Waals surface area contributed by atoms with Gasteiger partial charge in [0.15, 0.2) is 22.4 Å². The van der Waals surface area contributed by atoms with Crippen LogP contribution < -0.4 is 14.4 Å². The average molecular weight is 596 g/mol. The maximum absolute atomic E-state index is 13.9. The smallest absolute Gasteiger partial charge is 0.350 e. The lowest BCUT2D eigenvalue weighted by Crippen LogP contribution is -2.31. The first kappa shape index (κ1) is 29.7. The minimum atomic E-state index is -1.09. The Morgan fingerprint density at radius 1 is 1.02 bits per heavy atom. The van der Waals surface area contributed by atoms with Crippen molar-refractivity contribution >= 4 is 45.5 Å². The molecular weight excluding hydrogens is 566 g/mol. The molecule has 3 heterocycles. The number of aliphatic hydroxyl groups is 1. The number of nitrogens with zero attached hydrogens (tertiary/aromatic N) is 3. The number of hydrogen-bond donors (Lipinski definition) is 1. The molecule has 0 saturated heterocycles. The molecule has 41 heavy (non-hydrogen) atoms. The lowest BCUT2D eigenvalue weighted by Gasteiger charge is -2.25. The van der Waals surface area contributed by atoms with Gasteiger partial charge in [0.2, 0.25) is 5.78 Å². The molecule has 3 aromatic rings. The molecule has 0 radical (unpaired) electrons. The molecule has 2 aromatic heterocycles. The number of aromatic nitrogens is 2. The molecule has 1 unspecified atom stereocenters. The minimum absolute atomic E-state index is 0.00582. The largest absolute Gasteiger partial charge is 0.503 e. The van der Waals surface area contributed by atoms with Gasteiger partial charge in [-0.25, -0.2) is 14.8 Å². The highest BCUT2D eigenvalue weighted by molar-refractivity contribution is 7.17. The van der Waals surface area contributed by atoms with E-state index in [1.54, 1.807) is 45.0 Å². The van der Waals surface area contributed by atoms with E-state index in [-0.39, 0.29) is 28.8 Å². The van der Waals surface area contributed by atoms with Gasteiger partial charge in [-0.3, -0.25) is 14.5 Å². The normalized spacial score (nSPS) is 14.8. The SMILES string of the molecule is C=CCOC(=O)c1sc(N2C(=O)C(O)=C(C(=O)c3sc(C)nc3C)C2c2ccc(OCC=C)c(OCC)c2)nc1C. The van der Waals surface area contributed by atoms with Crippen LogP contribution in [0.15, 0.2) is 54.8 Å². The van der Waals surface area contributed by atoms with E-state index in [1.165, 1.54) is 22.3 Å². The van der Waals surface area contributed by atoms with Gasteiger partial charge < -0.3 is 19.3 Å². The zero-order valence-corrected chi connectivity index (χ0v) is 24.7. The number of esters is 1. The van der Waals surface area contributed by atoms with Crippen LogP contribution in [0, 0.1) is 20.8 Å². The van der Waals surface area contributed by atoms with Gasteiger partial charge >= 0.3 is 5.97 Å². The Labute approximate surface area is 245 Å². The molecule has 0 spiro atoms. The summed E-state index contributed by atoms with van der Waals surface area (Å²) in [6.07, 6.45) is 3.04. The van der Waals surface area contributed by atoms with Crippen molar-refractivity contribution in [3.63, 3.8) is 0 Å². The molecule has 214 valence electrons. The number of carbonyl (C=O) groups excluding carboxylic acids is 3. The molecule has 1 aliphatic heterocycles. The average Bonchev–Trinajstić information content (AvgIpc) is 3.58. The van der Waals surface area contributed by atoms with Crippen molar-refractivity contribution < 1.29 is 33.7 Å². The van der Waals surface area contributed by atoms with Gasteiger partial charge in [-0.2, -0.15) is 0 Å². The summed E-state index contributed by atoms with van der Waals surface area (Å²) in [4.78, 5) is 50.7. The maximum atomic E-state index is 13.9. The number of carbonyl (C=O) groups is 3. The lowest BCUT2D eigenvalue weighted by molar-refractivity contribution is -0.117. The highest BCUT2D eigenvalue weighted by Gasteiger charge is 2.47. The lowest BCUT2D eigenvalue weighted by atomic mass is 9.95. The van der Waals surface area contributed by atoms with E-state index in [4.69, 9.17) is 14.2 Å². The number of amides is 1. The van der Waals surface area contributed by atoms with Gasteiger partial charge in [-0.15, -0.1) is 11.3 Å². The molecule has 1 atom stereocenters. The first-order chi connectivity index (χ1) is 19.6. The number of hydrogen-bond acceptors (Lipinski definition) is 11. The molecule has 0 bridgehead atoms. The van der Waals surface area contributed by atoms with E-state index in [1.807, 2.05) is 6.92 Å². The van der Waals surface area contributed by atoms with E-state index in [9.17, 15) is 19.5 Å². The Balaban J connectivity index is 1.88. The summed E-state index contributed by atoms with van der Waals surface area (Å²) in [5.41, 5.74) is 1.15. The topological polar surface area (TPSA) is 128 Å². The third-order valence-corrected chi connectivity index (χ3v) is 8.22. The van der Waals surface area contributed by atoms with Crippen LogP contribution in [0.3, 0.4) is 0 Å². The van der Waals surface area contributed by atoms with Gasteiger partial charge in [0.1, 0.15) is 18.1 Å². The molecule has 1 N–H and O–H groups in total. The van der Waals surface area contributed by atoms with Crippen molar-refractivity contribution in [2.75, 3.05) is 24.7 Å². The number of ether oxygens (including phenoxy) is 3. The predicted molar refractivity (Wildman–Crippen MR) is 156 cm³/mol. The second-order valence-electron chi connectivity index (χ2n) is 8.85. The van der Waals surface area contributed by atoms with Crippen LogP contribution >= 0.6 is 22.7 Å². The van der Waals surface area contributed by atoms with Crippen LogP contribution in [-0.4, -0.2) is 52.6 Å². The number of thiazole rings is 2. The monoisotopic (exact) mass is 595 g/mol. The molecule has 4 rings (SSSR count). The van der Waals surface area contributed by atoms with Crippen LogP contribution in [0.5, 0.6) is 11.5 Å². The zero-order chi connectivity index (χ0) is 29.8. The van der Waals surface area contributed by atoms with E-state index >= 15 is 0 Å². The van der Waals surface area contributed by atoms with Crippen LogP contribution in [0.4, 0.5) is 5.13 Å². The number of Topliss-reactive ketones (excluding diaryl/α,β-unsaturated/α-hetero) is 1. The highest BCUT2D eigenvalue weighted by Crippen LogP contribution is 2.46. The van der Waals surface area contributed by atoms with Gasteiger partial charge in [-0.05, 0) is 45.4 Å². The Bertz CT molecular complexity index is 1570. The fourth-order valence-corrected chi connectivity index (χ4v) is 6.18. The second kappa shape index (κ2) is 12.5. The quantitative estimate of drug-likeness (QED) is 0.161. The van der Waals surface area contributed by atoms with Gasteiger partial charge in [0.25, 0.3) is 5.91 Å². The molecule has 1 amide bonds. The van der Waals surface area contributed by atoms with E-state index in [0.717, 1.165) is 11.3 Å². The number of ketones is 1. The molecular formula is C29H29N3O7S2. The van der Waals surface area contributed by atoms with Crippen molar-refractivity contribution in [2.24, 2.45) is 0 Å². The number of aliphatic hydroxyl groups excluding tert-OH is 1. The Hall–Kier alpha value is -4.29. The van der Waals surface area contributed by atoms with Gasteiger partial charge in [0, 0.05) is 0 Å². The molecule has 0 saturated carbocycles. The molecule has 1 aromatic carbocycles. The summed E-state index contributed by atoms with van der Waals surface area (Å²) < 4.78 is 16.7. The summed E-state index contributed by atoms with van der Waals surface area (Å²) >= 11 is 2.10. The molecule has 0 aliphatic carbocycles. The first-order valence-electron chi connectivity index (χ1n) is 12.6. The molecule has 0 fully saturated rings. The van der Waals surface area contributed by atoms with Crippen molar-refractivity contribution in [2.45, 2.75) is 33.7 Å². The summed E-state index contributed by atoms with van der Waals surface area (Å²) in [6.45, 7) is 14.7. The van der Waals surface area contributed by atoms with E-state index in [0.29, 0.717) is 44.9 Å². The van der Waals surface area contributed by atoms with Crippen molar-refractivity contribution in [1.29, 1.82) is 0 Å². The fraction of sp³-hybridized carbons (Fsp3) is 0.276. The number of rotatable bonds is 12. The predicted octanol–water partition coefficient (Wildman–Crippen LogP) is 5.61. The fourth-order valence-electron chi connectivity index (χ4n) is 4.32. The first-order valence-corrected chi connectivity index (χ1v) is 14.3. The van der Waals surface area contributed by atoms with Crippen molar-refractivity contribution in [3.8, 4) is 11.5 Å². The Morgan fingerprint density at radius 3 is 2.37 bits per heavy atom. The van der Waals surface area contributed by atoms with Crippen LogP contribution in [-0.2, 0) is 9.53 Å². The van der Waals surface area contributed by atoms with Crippen molar-refractivity contribution in [3.05, 3.63) is 86.6 Å². The molecule has 1 aliphatic rings. The summed E-state index contributed by atoms with van der Waals surface area (Å²) in [6, 6.07) is 3.91. The van der Waals surface area contributed by atoms with E-state index in [2.05, 4.69) is 23.1 Å². The number of benzene rings is 1. The second-order valence-corrected chi connectivity index (χ2v) is 11.0. The Morgan fingerprint density at radius 2 is 1.73 bits per heavy atom. The molecule has 12 heteroatoms. The van der Waals surface area contributed by atoms with E-state index < -0.39 is 29.5 Å². The van der Waals surface area contributed by atoms with Gasteiger partial charge in [0.05, 0.1) is 39.5 Å². The third kappa shape index (κ3) is 5.79. The van der Waals surface area contributed by atoms with Crippen molar-refractivity contribution in [1.82, 2.24) is 9.97 Å². The standard InChI is InChI=1S/C29H29N3O7S2/c1-7-12-38-19-11-10-18(14-20(19)37-9-3)22-21(23(33)25-15(4)30-17(6)40-25)24(34)27(35)32(22)29-31-16(5)26(41-29)28(36)39-13-8-2/h7-8,10-11,14,22,34H,1-2,9,12-13H2,3-6H3. The zero-order valence-electron chi connectivity index (χ0n) is 23.1. The van der Waals surface area contributed by atoms with Crippen LogP contribution in [0.25, 0.3) is 0 Å². The Kier molecular flexibility index (Phi) is 9.04. The molecule has 10 nitrogen and oxygen atoms in total. The maximum Gasteiger partial charge on any atom is 0.350 e. The van der Waals surface area contributed by atoms with Crippen LogP contribution in [0.2, 0.25) is 0 Å². The van der Waals surface area contributed by atoms with Gasteiger partial charge in [-0.1, -0.05) is 42.7 Å². The third-order valence-electron chi connectivity index (χ3n) is 6.01. The van der Waals surface area contributed by atoms with Crippen LogP contribution in [0.1, 0.15) is 54.3 Å². The summed E-state index contributed by atoms with van der Waals surface area (Å²) in [7, 11) is 0. The summed E-state index contributed by atoms with van der Waals surface area (Å²) in [5, 5.41) is 11.9.